The van der Waals surface area contributed by atoms with Crippen LogP contribution in [0, 0.1) is 5.41 Å². The molecule has 2 aliphatic heterocycles. The molecule has 31 nitrogen and oxygen atoms in total. The Balaban J connectivity index is 1.21. The third-order valence-electron chi connectivity index (χ3n) is 18.1. The Labute approximate surface area is 616 Å². The minimum Gasteiger partial charge on any atom is -0.391 e. The molecule has 105 heavy (non-hydrogen) atoms. The van der Waals surface area contributed by atoms with Crippen molar-refractivity contribution in [3.63, 3.8) is 0 Å². The summed E-state index contributed by atoms with van der Waals surface area (Å²) in [7, 11) is 0. The maximum absolute atomic E-state index is 15.0. The van der Waals surface area contributed by atoms with Crippen molar-refractivity contribution < 1.29 is 76.8 Å². The number of nitrogens with one attached hydrogen (secondary N) is 12. The molecule has 0 saturated carbocycles. The summed E-state index contributed by atoms with van der Waals surface area (Å²) >= 11 is 0. The predicted octanol–water partition coefficient (Wildman–Crippen LogP) is 1.50. The van der Waals surface area contributed by atoms with Gasteiger partial charge in [-0.3, -0.25) is 58.1 Å². The molecule has 10 amide bonds. The van der Waals surface area contributed by atoms with Crippen molar-refractivity contribution in [1.29, 1.82) is 5.41 Å². The first kappa shape index (κ1) is 87.0. The van der Waals surface area contributed by atoms with E-state index in [9.17, 15) is 53.1 Å². The van der Waals surface area contributed by atoms with Gasteiger partial charge < -0.3 is 98.6 Å². The molecule has 1 unspecified atom stereocenters. The maximum Gasteiger partial charge on any atom is 0.246 e. The number of benzene rings is 2. The number of nitrogens with two attached hydrogens (primary N) is 2. The summed E-state index contributed by atoms with van der Waals surface area (Å²) in [6, 6.07) is 6.59. The standard InChI is InChI=1S/C74H117N15O16/c1-3-5-7-8-9-10-11-12-18-30-64(92)79-35-37-102-39-41-104-49-65(93)80-36-38-103-40-42-105-50-66(94)83-58(26-6-4-2)68(96)86-60-32-31-53(90)47-78-33-21-14-17-28-57(67(75)95)84-71(99)62(44-52-46-82-56-27-20-19-25-55(52)56)87-69(97)59(29-22-34-81-74(76)77)85-70(98)61(43-51-23-15-13-16-24-51)88-72(100)63-45-54(91)48-89(63)73(60)101/h13,15-16,19-20,23-25,27,46,54,57-63,78,82,91H,3-12,14,17-18,21-22,26,28-45,47-50H2,1-2H3,(H2,75,95)(H,79,92)(H,80,93)(H,83,94)(H,84,99)(H,85,98)(H,86,96)(H,87,97)(H,88,100)(H4,76,77,81)/t54-,57+,58+,59+,60+,61?,62+,63+/m1/s1. The summed E-state index contributed by atoms with van der Waals surface area (Å²) in [6.45, 7) is 4.94. The molecular formula is C74H117N15O16. The number of hydrogen-bond acceptors (Lipinski definition) is 18. The van der Waals surface area contributed by atoms with Crippen LogP contribution in [-0.2, 0) is 84.5 Å². The van der Waals surface area contributed by atoms with Gasteiger partial charge in [0.05, 0.1) is 52.3 Å². The van der Waals surface area contributed by atoms with Gasteiger partial charge in [0.1, 0.15) is 61.3 Å². The van der Waals surface area contributed by atoms with Crippen LogP contribution >= 0.6 is 0 Å². The van der Waals surface area contributed by atoms with Gasteiger partial charge in [-0.2, -0.15) is 0 Å². The van der Waals surface area contributed by atoms with E-state index in [1.165, 1.54) is 38.5 Å². The molecule has 584 valence electrons. The van der Waals surface area contributed by atoms with E-state index in [1.807, 2.05) is 31.2 Å². The lowest BCUT2D eigenvalue weighted by Gasteiger charge is -2.31. The Bertz CT molecular complexity index is 3180. The van der Waals surface area contributed by atoms with Gasteiger partial charge >= 0.3 is 0 Å². The van der Waals surface area contributed by atoms with Crippen LogP contribution in [0.15, 0.2) is 60.8 Å². The number of guanidine groups is 1. The van der Waals surface area contributed by atoms with Crippen LogP contribution in [-0.4, -0.2) is 226 Å². The number of aliphatic hydroxyl groups is 1. The highest BCUT2D eigenvalue weighted by Crippen LogP contribution is 2.23. The van der Waals surface area contributed by atoms with E-state index < -0.39 is 102 Å². The largest absolute Gasteiger partial charge is 0.391 e. The molecule has 3 aromatic rings. The van der Waals surface area contributed by atoms with Gasteiger partial charge in [-0.05, 0) is 68.7 Å². The molecule has 2 fully saturated rings. The van der Waals surface area contributed by atoms with Gasteiger partial charge in [0.2, 0.25) is 59.1 Å². The van der Waals surface area contributed by atoms with E-state index in [0.717, 1.165) is 35.1 Å². The van der Waals surface area contributed by atoms with Gasteiger partial charge in [-0.15, -0.1) is 0 Å². The Morgan fingerprint density at radius 3 is 1.93 bits per heavy atom. The van der Waals surface area contributed by atoms with Gasteiger partial charge in [0.25, 0.3) is 0 Å². The second kappa shape index (κ2) is 50.8. The number of unbranched alkanes of at least 4 members (excludes halogenated alkanes) is 9. The third kappa shape index (κ3) is 34.9. The molecule has 1 aromatic heterocycles. The van der Waals surface area contributed by atoms with E-state index >= 15 is 4.79 Å². The molecule has 0 bridgehead atoms. The number of aliphatic hydroxyl groups excluding tert-OH is 1. The van der Waals surface area contributed by atoms with E-state index in [1.54, 1.807) is 36.5 Å². The normalized spacial score (nSPS) is 20.2. The maximum atomic E-state index is 15.0. The Morgan fingerprint density at radius 2 is 1.24 bits per heavy atom. The first-order valence-electron chi connectivity index (χ1n) is 37.6. The monoisotopic (exact) mass is 1470 g/mol. The van der Waals surface area contributed by atoms with Gasteiger partial charge in [0.15, 0.2) is 5.96 Å². The Kier molecular flexibility index (Phi) is 42.1. The second-order valence-corrected chi connectivity index (χ2v) is 26.8. The Morgan fingerprint density at radius 1 is 0.629 bits per heavy atom. The van der Waals surface area contributed by atoms with Crippen molar-refractivity contribution in [3.8, 4) is 0 Å². The molecule has 2 aromatic carbocycles. The number of ether oxygens (including phenoxy) is 4. The minimum absolute atomic E-state index is 0.0126. The van der Waals surface area contributed by atoms with Gasteiger partial charge in [-0.25, -0.2) is 0 Å². The number of amides is 10. The zero-order valence-electron chi connectivity index (χ0n) is 61.4. The molecule has 2 aliphatic rings. The highest BCUT2D eigenvalue weighted by molar-refractivity contribution is 5.98. The number of fused-ring (bicyclic) bond motifs is 2. The lowest BCUT2D eigenvalue weighted by Crippen LogP contribution is -2.60. The number of hydrogen-bond donors (Lipinski definition) is 15. The zero-order chi connectivity index (χ0) is 76.0. The van der Waals surface area contributed by atoms with Crippen molar-refractivity contribution in [2.24, 2.45) is 11.5 Å². The highest BCUT2D eigenvalue weighted by Gasteiger charge is 2.43. The van der Waals surface area contributed by atoms with Crippen LogP contribution in [0.5, 0.6) is 0 Å². The molecule has 0 spiro atoms. The van der Waals surface area contributed by atoms with Crippen LogP contribution in [0.4, 0.5) is 0 Å². The predicted molar refractivity (Wildman–Crippen MR) is 394 cm³/mol. The topological polar surface area (TPSA) is 460 Å². The molecular weight excluding hydrogens is 1350 g/mol. The summed E-state index contributed by atoms with van der Waals surface area (Å²) in [5.74, 6) is -7.31. The summed E-state index contributed by atoms with van der Waals surface area (Å²) in [5, 5.41) is 47.6. The number of H-pyrrole nitrogens is 1. The minimum atomic E-state index is -1.47. The fourth-order valence-corrected chi connectivity index (χ4v) is 12.3. The number of carbonyl (C=O) groups excluding carboxylic acids is 11. The lowest BCUT2D eigenvalue weighted by atomic mass is 10.0. The number of carbonyl (C=O) groups is 11. The van der Waals surface area contributed by atoms with E-state index in [-0.39, 0.29) is 147 Å². The van der Waals surface area contributed by atoms with Crippen molar-refractivity contribution in [3.05, 3.63) is 71.9 Å². The fourth-order valence-electron chi connectivity index (χ4n) is 12.3. The van der Waals surface area contributed by atoms with Crippen LogP contribution in [0.3, 0.4) is 0 Å². The van der Waals surface area contributed by atoms with E-state index in [2.05, 4.69) is 65.1 Å². The van der Waals surface area contributed by atoms with Crippen LogP contribution in [0.2, 0.25) is 0 Å². The summed E-state index contributed by atoms with van der Waals surface area (Å²) < 4.78 is 22.0. The Hall–Kier alpha value is -8.62. The summed E-state index contributed by atoms with van der Waals surface area (Å²) in [5.41, 5.74) is 13.4. The molecule has 3 heterocycles. The van der Waals surface area contributed by atoms with Crippen LogP contribution in [0.1, 0.15) is 166 Å². The van der Waals surface area contributed by atoms with Crippen LogP contribution in [0.25, 0.3) is 10.9 Å². The fraction of sp³-hybridized carbons (Fsp3) is 0.649. The molecule has 0 radical (unpaired) electrons. The number of para-hydroxylation sites is 1. The number of primary amides is 1. The van der Waals surface area contributed by atoms with E-state index in [0.29, 0.717) is 69.3 Å². The number of nitrogens with zero attached hydrogens (tertiary/aromatic N) is 1. The number of ketones is 1. The molecule has 0 aliphatic carbocycles. The average Bonchev–Trinajstić information content (AvgIpc) is 1.70. The van der Waals surface area contributed by atoms with Gasteiger partial charge in [-0.1, -0.05) is 139 Å². The first-order valence-corrected chi connectivity index (χ1v) is 37.6. The summed E-state index contributed by atoms with van der Waals surface area (Å²) in [6.07, 6.45) is 13.6. The molecule has 2 saturated heterocycles. The van der Waals surface area contributed by atoms with Crippen molar-refractivity contribution in [1.82, 2.24) is 63.1 Å². The first-order chi connectivity index (χ1) is 50.8. The number of Topliss-reactive ketones (excluding diaryl/α,β-unsaturated/α-hetero) is 1. The molecule has 31 heteroatoms. The smallest absolute Gasteiger partial charge is 0.246 e. The summed E-state index contributed by atoms with van der Waals surface area (Å²) in [4.78, 5) is 157. The molecule has 5 rings (SSSR count). The number of aromatic amines is 1. The zero-order valence-corrected chi connectivity index (χ0v) is 61.4. The lowest BCUT2D eigenvalue weighted by molar-refractivity contribution is -0.143. The number of aromatic nitrogens is 1. The SMILES string of the molecule is CCCCCCCCCCCC(=O)NCCOCCOCC(=O)NCCOCCOCC(=O)N[C@@H](CCCC)C(=O)N[C@H]1CCC(=O)CNCCCCC[C@@H](C(N)=O)NC(=O)[C@H](Cc2c[nH]c3ccccc23)NC(=O)[C@H](CCCNC(=N)N)NC(=O)C(Cc2ccccc2)NC(=O)[C@@H]2C[C@@H](O)CN2C1=O. The third-order valence-corrected chi connectivity index (χ3v) is 18.1. The molecule has 8 atom stereocenters. The van der Waals surface area contributed by atoms with Crippen molar-refractivity contribution in [2.45, 2.75) is 216 Å². The number of rotatable bonds is 41. The van der Waals surface area contributed by atoms with Gasteiger partial charge in [0, 0.05) is 75.4 Å². The molecule has 17 N–H and O–H groups in total. The van der Waals surface area contributed by atoms with Crippen molar-refractivity contribution in [2.75, 3.05) is 92.1 Å². The van der Waals surface area contributed by atoms with Crippen molar-refractivity contribution >= 4 is 81.7 Å². The van der Waals surface area contributed by atoms with E-state index in [4.69, 9.17) is 35.8 Å². The quantitative estimate of drug-likeness (QED) is 0.0217. The average molecular weight is 1470 g/mol. The second-order valence-electron chi connectivity index (χ2n) is 26.8. The van der Waals surface area contributed by atoms with Crippen LogP contribution < -0.4 is 64.6 Å². The highest BCUT2D eigenvalue weighted by atomic mass is 16.5.